The standard InChI is InChI=1S/C19H26N4O4S2/c1-19(2,3)23(18(24)25)15-8-11-22(12-9-15)14-4-6-16(7-5-14)29(26,27)21-17-20-10-13-28-17/h4-7,10,13,15H,8-9,11-12H2,1-3H3,(H,20,21)(H,24,25). The molecule has 2 aromatic rings. The first-order chi connectivity index (χ1) is 13.6. The fourth-order valence-electron chi connectivity index (χ4n) is 3.66. The second kappa shape index (κ2) is 8.19. The molecule has 0 saturated carbocycles. The van der Waals surface area contributed by atoms with Crippen LogP contribution in [0, 0.1) is 0 Å². The van der Waals surface area contributed by atoms with Crippen LogP contribution in [-0.4, -0.2) is 54.2 Å². The minimum Gasteiger partial charge on any atom is -0.465 e. The van der Waals surface area contributed by atoms with Crippen molar-refractivity contribution >= 4 is 38.3 Å². The number of amides is 1. The van der Waals surface area contributed by atoms with Crippen LogP contribution in [0.1, 0.15) is 33.6 Å². The molecule has 1 aromatic carbocycles. The van der Waals surface area contributed by atoms with Crippen molar-refractivity contribution in [1.82, 2.24) is 9.88 Å². The van der Waals surface area contributed by atoms with Gasteiger partial charge in [-0.15, -0.1) is 11.3 Å². The Morgan fingerprint density at radius 1 is 1.24 bits per heavy atom. The first-order valence-corrected chi connectivity index (χ1v) is 11.7. The molecule has 0 aliphatic carbocycles. The molecule has 2 N–H and O–H groups in total. The number of thiazole rings is 1. The van der Waals surface area contributed by atoms with Crippen molar-refractivity contribution in [3.05, 3.63) is 35.8 Å². The monoisotopic (exact) mass is 438 g/mol. The maximum Gasteiger partial charge on any atom is 0.407 e. The van der Waals surface area contributed by atoms with Crippen LogP contribution in [0.4, 0.5) is 15.6 Å². The summed E-state index contributed by atoms with van der Waals surface area (Å²) in [5.41, 5.74) is 0.480. The summed E-state index contributed by atoms with van der Waals surface area (Å²) >= 11 is 1.22. The predicted octanol–water partition coefficient (Wildman–Crippen LogP) is 3.69. The number of hydrogen-bond donors (Lipinski definition) is 2. The van der Waals surface area contributed by atoms with E-state index < -0.39 is 21.7 Å². The summed E-state index contributed by atoms with van der Waals surface area (Å²) < 4.78 is 27.3. The third kappa shape index (κ3) is 4.99. The van der Waals surface area contributed by atoms with Gasteiger partial charge in [-0.1, -0.05) is 0 Å². The van der Waals surface area contributed by atoms with Crippen molar-refractivity contribution in [1.29, 1.82) is 0 Å². The summed E-state index contributed by atoms with van der Waals surface area (Å²) in [6, 6.07) is 6.71. The lowest BCUT2D eigenvalue weighted by Gasteiger charge is -2.44. The van der Waals surface area contributed by atoms with Crippen molar-refractivity contribution in [2.45, 2.75) is 50.1 Å². The summed E-state index contributed by atoms with van der Waals surface area (Å²) in [6.45, 7) is 7.16. The highest BCUT2D eigenvalue weighted by Crippen LogP contribution is 2.28. The number of benzene rings is 1. The minimum atomic E-state index is -3.67. The van der Waals surface area contributed by atoms with E-state index in [1.807, 2.05) is 20.8 Å². The molecule has 1 saturated heterocycles. The molecule has 1 aliphatic rings. The predicted molar refractivity (Wildman–Crippen MR) is 114 cm³/mol. The molecule has 0 unspecified atom stereocenters. The van der Waals surface area contributed by atoms with Crippen LogP contribution in [0.2, 0.25) is 0 Å². The third-order valence-corrected chi connectivity index (χ3v) is 7.10. The van der Waals surface area contributed by atoms with Gasteiger partial charge in [-0.3, -0.25) is 4.72 Å². The zero-order chi connectivity index (χ0) is 21.2. The highest BCUT2D eigenvalue weighted by molar-refractivity contribution is 7.93. The Bertz CT molecular complexity index is 930. The zero-order valence-electron chi connectivity index (χ0n) is 16.7. The van der Waals surface area contributed by atoms with Gasteiger partial charge in [0, 0.05) is 41.9 Å². The van der Waals surface area contributed by atoms with E-state index in [4.69, 9.17) is 0 Å². The SMILES string of the molecule is CC(C)(C)N(C(=O)O)C1CCN(c2ccc(S(=O)(=O)Nc3nccs3)cc2)CC1. The van der Waals surface area contributed by atoms with Gasteiger partial charge < -0.3 is 14.9 Å². The Balaban J connectivity index is 1.65. The maximum atomic E-state index is 12.4. The molecule has 0 spiro atoms. The number of anilines is 2. The van der Waals surface area contributed by atoms with E-state index in [1.165, 1.54) is 11.3 Å². The van der Waals surface area contributed by atoms with E-state index >= 15 is 0 Å². The Morgan fingerprint density at radius 2 is 1.86 bits per heavy atom. The molecule has 29 heavy (non-hydrogen) atoms. The Morgan fingerprint density at radius 3 is 2.34 bits per heavy atom. The molecule has 8 nitrogen and oxygen atoms in total. The molecule has 0 bridgehead atoms. The van der Waals surface area contributed by atoms with Crippen molar-refractivity contribution in [3.8, 4) is 0 Å². The number of aromatic nitrogens is 1. The molecule has 1 amide bonds. The zero-order valence-corrected chi connectivity index (χ0v) is 18.3. The number of carboxylic acid groups (broad SMARTS) is 1. The van der Waals surface area contributed by atoms with Gasteiger partial charge in [-0.25, -0.2) is 18.2 Å². The molecule has 1 fully saturated rings. The fourth-order valence-corrected chi connectivity index (χ4v) is 5.45. The molecule has 2 heterocycles. The largest absolute Gasteiger partial charge is 0.465 e. The smallest absolute Gasteiger partial charge is 0.407 e. The molecule has 10 heteroatoms. The van der Waals surface area contributed by atoms with Gasteiger partial charge in [0.1, 0.15) is 0 Å². The molecule has 158 valence electrons. The van der Waals surface area contributed by atoms with Crippen molar-refractivity contribution in [2.75, 3.05) is 22.7 Å². The van der Waals surface area contributed by atoms with E-state index in [0.717, 1.165) is 18.5 Å². The average Bonchev–Trinajstić information content (AvgIpc) is 3.13. The van der Waals surface area contributed by atoms with Crippen molar-refractivity contribution in [2.24, 2.45) is 0 Å². The number of nitrogens with zero attached hydrogens (tertiary/aromatic N) is 3. The summed E-state index contributed by atoms with van der Waals surface area (Å²) in [5, 5.41) is 11.6. The van der Waals surface area contributed by atoms with Gasteiger partial charge in [0.25, 0.3) is 10.0 Å². The van der Waals surface area contributed by atoms with Crippen LogP contribution in [0.25, 0.3) is 0 Å². The lowest BCUT2D eigenvalue weighted by atomic mass is 9.96. The normalized spacial score (nSPS) is 15.9. The number of nitrogens with one attached hydrogen (secondary N) is 1. The van der Waals surface area contributed by atoms with Crippen molar-refractivity contribution < 1.29 is 18.3 Å². The average molecular weight is 439 g/mol. The first-order valence-electron chi connectivity index (χ1n) is 9.37. The molecule has 1 aromatic heterocycles. The number of sulfonamides is 1. The van der Waals surface area contributed by atoms with Crippen LogP contribution >= 0.6 is 11.3 Å². The first kappa shape index (κ1) is 21.4. The highest BCUT2D eigenvalue weighted by atomic mass is 32.2. The fraction of sp³-hybridized carbons (Fsp3) is 0.474. The Labute approximate surface area is 175 Å². The summed E-state index contributed by atoms with van der Waals surface area (Å²) in [5.74, 6) is 0. The summed E-state index contributed by atoms with van der Waals surface area (Å²) in [7, 11) is -3.67. The van der Waals surface area contributed by atoms with E-state index in [1.54, 1.807) is 40.7 Å². The summed E-state index contributed by atoms with van der Waals surface area (Å²) in [4.78, 5) is 19.5. The summed E-state index contributed by atoms with van der Waals surface area (Å²) in [6.07, 6.45) is 2.11. The molecule has 0 atom stereocenters. The molecule has 0 radical (unpaired) electrons. The van der Waals surface area contributed by atoms with Gasteiger partial charge in [0.15, 0.2) is 5.13 Å². The third-order valence-electron chi connectivity index (χ3n) is 4.92. The second-order valence-corrected chi connectivity index (χ2v) is 10.6. The van der Waals surface area contributed by atoms with Crippen molar-refractivity contribution in [3.63, 3.8) is 0 Å². The van der Waals surface area contributed by atoms with Gasteiger partial charge in [-0.2, -0.15) is 0 Å². The topological polar surface area (TPSA) is 103 Å². The Kier molecular flexibility index (Phi) is 6.04. The molecular weight excluding hydrogens is 412 g/mol. The van der Waals surface area contributed by atoms with Crippen LogP contribution < -0.4 is 9.62 Å². The van der Waals surface area contributed by atoms with Crippen LogP contribution in [0.3, 0.4) is 0 Å². The highest BCUT2D eigenvalue weighted by Gasteiger charge is 2.35. The van der Waals surface area contributed by atoms with Gasteiger partial charge >= 0.3 is 6.09 Å². The number of hydrogen-bond acceptors (Lipinski definition) is 6. The number of piperidine rings is 1. The Hall–Kier alpha value is -2.33. The van der Waals surface area contributed by atoms with Crippen LogP contribution in [0.15, 0.2) is 40.7 Å². The van der Waals surface area contributed by atoms with Crippen LogP contribution in [-0.2, 0) is 10.0 Å². The number of carbonyl (C=O) groups is 1. The molecule has 1 aliphatic heterocycles. The van der Waals surface area contributed by atoms with E-state index in [2.05, 4.69) is 14.6 Å². The van der Waals surface area contributed by atoms with E-state index in [0.29, 0.717) is 18.2 Å². The van der Waals surface area contributed by atoms with Gasteiger partial charge in [-0.05, 0) is 57.9 Å². The van der Waals surface area contributed by atoms with E-state index in [-0.39, 0.29) is 10.9 Å². The second-order valence-electron chi connectivity index (χ2n) is 7.98. The van der Waals surface area contributed by atoms with E-state index in [9.17, 15) is 18.3 Å². The molecular formula is C19H26N4O4S2. The van der Waals surface area contributed by atoms with Gasteiger partial charge in [0.2, 0.25) is 0 Å². The maximum absolute atomic E-state index is 12.4. The molecule has 3 rings (SSSR count). The lowest BCUT2D eigenvalue weighted by Crippen LogP contribution is -2.54. The number of rotatable bonds is 5. The lowest BCUT2D eigenvalue weighted by molar-refractivity contribution is 0.0616. The minimum absolute atomic E-state index is 0.0223. The van der Waals surface area contributed by atoms with Gasteiger partial charge in [0.05, 0.1) is 4.90 Å². The van der Waals surface area contributed by atoms with Crippen LogP contribution in [0.5, 0.6) is 0 Å². The quantitative estimate of drug-likeness (QED) is 0.738.